The molecule has 0 saturated heterocycles. The third-order valence-corrected chi connectivity index (χ3v) is 1.54. The maximum atomic E-state index is 5.20. The quantitative estimate of drug-likeness (QED) is 0.400. The molecule has 60 valence electrons. The first-order valence-corrected chi connectivity index (χ1v) is 3.55. The van der Waals surface area contributed by atoms with Crippen LogP contribution in [0.15, 0.2) is 29.4 Å². The van der Waals surface area contributed by atoms with Crippen LogP contribution in [0.1, 0.15) is 13.8 Å². The van der Waals surface area contributed by atoms with E-state index in [1.54, 1.807) is 6.20 Å². The number of nitrogens with zero attached hydrogens (tertiary/aromatic N) is 1. The molecule has 0 aliphatic carbocycles. The molecule has 1 aliphatic rings. The van der Waals surface area contributed by atoms with Crippen molar-refractivity contribution in [3.05, 3.63) is 24.4 Å². The largest absolute Gasteiger partial charge is 0.308 e. The van der Waals surface area contributed by atoms with E-state index < -0.39 is 0 Å². The van der Waals surface area contributed by atoms with Crippen molar-refractivity contribution in [1.82, 2.24) is 5.43 Å². The summed E-state index contributed by atoms with van der Waals surface area (Å²) in [6.07, 6.45) is 7.71. The Balaban J connectivity index is 2.83. The maximum Gasteiger partial charge on any atom is 0.139 e. The molecule has 0 aromatic carbocycles. The van der Waals surface area contributed by atoms with Crippen LogP contribution in [0.3, 0.4) is 0 Å². The fraction of sp³-hybridized carbons (Fsp3) is 0.375. The predicted molar refractivity (Wildman–Crippen MR) is 46.8 cm³/mol. The molecule has 0 radical (unpaired) electrons. The summed E-state index contributed by atoms with van der Waals surface area (Å²) in [5.41, 5.74) is 2.57. The molecule has 0 saturated carbocycles. The Morgan fingerprint density at radius 1 is 1.45 bits per heavy atom. The molecule has 3 heteroatoms. The molecule has 0 spiro atoms. The van der Waals surface area contributed by atoms with Crippen molar-refractivity contribution in [1.29, 1.82) is 0 Å². The molecule has 1 rings (SSSR count). The lowest BCUT2D eigenvalue weighted by Crippen LogP contribution is -2.28. The Morgan fingerprint density at radius 3 is 2.82 bits per heavy atom. The maximum absolute atomic E-state index is 5.20. The Morgan fingerprint density at radius 2 is 2.18 bits per heavy atom. The SMILES string of the molecule is CC1(C)C=CN=C(NN)C=C1. The van der Waals surface area contributed by atoms with Gasteiger partial charge in [0.2, 0.25) is 0 Å². The number of rotatable bonds is 0. The second-order valence-electron chi connectivity index (χ2n) is 3.13. The molecule has 0 fully saturated rings. The van der Waals surface area contributed by atoms with Gasteiger partial charge in [0.1, 0.15) is 5.84 Å². The zero-order valence-electron chi connectivity index (χ0n) is 6.83. The number of allylic oxidation sites excluding steroid dienone is 2. The third-order valence-electron chi connectivity index (χ3n) is 1.54. The van der Waals surface area contributed by atoms with Crippen LogP contribution in [-0.4, -0.2) is 5.84 Å². The summed E-state index contributed by atoms with van der Waals surface area (Å²) in [5, 5.41) is 0. The van der Waals surface area contributed by atoms with Crippen molar-refractivity contribution in [2.75, 3.05) is 0 Å². The highest BCUT2D eigenvalue weighted by atomic mass is 15.2. The van der Waals surface area contributed by atoms with Crippen molar-refractivity contribution in [3.8, 4) is 0 Å². The van der Waals surface area contributed by atoms with Crippen molar-refractivity contribution in [2.45, 2.75) is 13.8 Å². The van der Waals surface area contributed by atoms with Crippen LogP contribution in [0.2, 0.25) is 0 Å². The predicted octanol–water partition coefficient (Wildman–Crippen LogP) is 0.958. The van der Waals surface area contributed by atoms with Gasteiger partial charge in [-0.15, -0.1) is 0 Å². The van der Waals surface area contributed by atoms with Crippen LogP contribution in [0.5, 0.6) is 0 Å². The molecule has 0 amide bonds. The van der Waals surface area contributed by atoms with Crippen LogP contribution in [0.4, 0.5) is 0 Å². The minimum Gasteiger partial charge on any atom is -0.308 e. The van der Waals surface area contributed by atoms with Gasteiger partial charge in [0.25, 0.3) is 0 Å². The molecule has 0 bridgehead atoms. The van der Waals surface area contributed by atoms with E-state index >= 15 is 0 Å². The molecule has 11 heavy (non-hydrogen) atoms. The molecular weight excluding hydrogens is 138 g/mol. The highest BCUT2D eigenvalue weighted by Gasteiger charge is 2.10. The summed E-state index contributed by atoms with van der Waals surface area (Å²) in [4.78, 5) is 4.05. The minimum atomic E-state index is 0.0715. The summed E-state index contributed by atoms with van der Waals surface area (Å²) in [7, 11) is 0. The number of amidine groups is 1. The number of nitrogens with one attached hydrogen (secondary N) is 1. The molecular formula is C8H13N3. The average molecular weight is 151 g/mol. The molecule has 3 nitrogen and oxygen atoms in total. The second kappa shape index (κ2) is 2.88. The van der Waals surface area contributed by atoms with Crippen LogP contribution >= 0.6 is 0 Å². The highest BCUT2D eigenvalue weighted by molar-refractivity contribution is 5.93. The zero-order valence-corrected chi connectivity index (χ0v) is 6.83. The van der Waals surface area contributed by atoms with Gasteiger partial charge in [-0.05, 0) is 6.08 Å². The summed E-state index contributed by atoms with van der Waals surface area (Å²) in [6.45, 7) is 4.21. The summed E-state index contributed by atoms with van der Waals surface area (Å²) in [6, 6.07) is 0. The van der Waals surface area contributed by atoms with Crippen LogP contribution in [0.25, 0.3) is 0 Å². The van der Waals surface area contributed by atoms with Crippen LogP contribution in [-0.2, 0) is 0 Å². The van der Waals surface area contributed by atoms with Gasteiger partial charge in [-0.25, -0.2) is 10.8 Å². The lowest BCUT2D eigenvalue weighted by Gasteiger charge is -2.11. The van der Waals surface area contributed by atoms with Crippen molar-refractivity contribution >= 4 is 5.84 Å². The van der Waals surface area contributed by atoms with Crippen LogP contribution in [0, 0.1) is 5.41 Å². The van der Waals surface area contributed by atoms with Crippen LogP contribution < -0.4 is 11.3 Å². The molecule has 1 aliphatic heterocycles. The zero-order chi connectivity index (χ0) is 8.32. The van der Waals surface area contributed by atoms with E-state index in [1.165, 1.54) is 0 Å². The van der Waals surface area contributed by atoms with Crippen molar-refractivity contribution < 1.29 is 0 Å². The van der Waals surface area contributed by atoms with Gasteiger partial charge in [-0.3, -0.25) is 0 Å². The molecule has 0 unspecified atom stereocenters. The van der Waals surface area contributed by atoms with E-state index in [4.69, 9.17) is 5.84 Å². The standard InChI is InChI=1S/C8H13N3/c1-8(2)4-3-7(11-9)10-6-5-8/h3-6H,9H2,1-2H3,(H,10,11). The molecule has 0 aromatic heterocycles. The topological polar surface area (TPSA) is 50.4 Å². The Kier molecular flexibility index (Phi) is 2.10. The first-order chi connectivity index (χ1) is 5.14. The summed E-state index contributed by atoms with van der Waals surface area (Å²) >= 11 is 0. The molecule has 3 N–H and O–H groups in total. The van der Waals surface area contributed by atoms with Gasteiger partial charge in [0.15, 0.2) is 0 Å². The van der Waals surface area contributed by atoms with Gasteiger partial charge in [0, 0.05) is 11.6 Å². The van der Waals surface area contributed by atoms with Crippen molar-refractivity contribution in [2.24, 2.45) is 16.3 Å². The normalized spacial score (nSPS) is 20.8. The Hall–Kier alpha value is -1.09. The van der Waals surface area contributed by atoms with E-state index in [2.05, 4.69) is 30.3 Å². The fourth-order valence-corrected chi connectivity index (χ4v) is 0.787. The van der Waals surface area contributed by atoms with Gasteiger partial charge in [-0.1, -0.05) is 26.0 Å². The van der Waals surface area contributed by atoms with Gasteiger partial charge < -0.3 is 5.43 Å². The average Bonchev–Trinajstić information content (AvgIpc) is 2.10. The number of hydrogen-bond acceptors (Lipinski definition) is 3. The Bertz CT molecular complexity index is 223. The van der Waals surface area contributed by atoms with E-state index in [0.717, 1.165) is 0 Å². The summed E-state index contributed by atoms with van der Waals surface area (Å²) < 4.78 is 0. The van der Waals surface area contributed by atoms with Gasteiger partial charge in [0.05, 0.1) is 0 Å². The van der Waals surface area contributed by atoms with Gasteiger partial charge >= 0.3 is 0 Å². The molecule has 1 heterocycles. The minimum absolute atomic E-state index is 0.0715. The number of nitrogens with two attached hydrogens (primary N) is 1. The first-order valence-electron chi connectivity index (χ1n) is 3.55. The van der Waals surface area contributed by atoms with E-state index in [1.807, 2.05) is 12.2 Å². The second-order valence-corrected chi connectivity index (χ2v) is 3.13. The monoisotopic (exact) mass is 151 g/mol. The van der Waals surface area contributed by atoms with E-state index in [0.29, 0.717) is 5.84 Å². The smallest absolute Gasteiger partial charge is 0.139 e. The summed E-state index contributed by atoms with van der Waals surface area (Å²) in [5.74, 6) is 5.88. The van der Waals surface area contributed by atoms with Gasteiger partial charge in [-0.2, -0.15) is 0 Å². The fourth-order valence-electron chi connectivity index (χ4n) is 0.787. The first kappa shape index (κ1) is 8.01. The number of hydrazine groups is 1. The molecule has 0 atom stereocenters. The number of hydrogen-bond donors (Lipinski definition) is 2. The lowest BCUT2D eigenvalue weighted by atomic mass is 9.93. The number of aliphatic imine (C=N–C) groups is 1. The van der Waals surface area contributed by atoms with E-state index in [9.17, 15) is 0 Å². The third kappa shape index (κ3) is 2.20. The highest BCUT2D eigenvalue weighted by Crippen LogP contribution is 2.20. The van der Waals surface area contributed by atoms with E-state index in [-0.39, 0.29) is 5.41 Å². The lowest BCUT2D eigenvalue weighted by molar-refractivity contribution is 0.626. The van der Waals surface area contributed by atoms with Crippen molar-refractivity contribution in [3.63, 3.8) is 0 Å². The molecule has 0 aromatic rings. The Labute approximate surface area is 66.7 Å².